The highest BCUT2D eigenvalue weighted by molar-refractivity contribution is 6.03. The molecule has 3 atom stereocenters. The van der Waals surface area contributed by atoms with E-state index in [1.54, 1.807) is 6.20 Å². The van der Waals surface area contributed by atoms with Crippen LogP contribution in [0.25, 0.3) is 10.9 Å². The molecule has 5 N–H and O–H groups in total. The van der Waals surface area contributed by atoms with Crippen LogP contribution in [0.3, 0.4) is 0 Å². The predicted octanol–water partition coefficient (Wildman–Crippen LogP) is 2.23. The molecule has 166 valence electrons. The number of fused-ring (bicyclic) bond motifs is 1. The molecule has 1 aromatic heterocycles. The van der Waals surface area contributed by atoms with Crippen LogP contribution in [0.5, 0.6) is 0 Å². The van der Waals surface area contributed by atoms with Crippen molar-refractivity contribution in [3.8, 4) is 0 Å². The minimum atomic E-state index is -0.666. The number of benzene rings is 2. The van der Waals surface area contributed by atoms with Gasteiger partial charge in [-0.2, -0.15) is 0 Å². The zero-order valence-electron chi connectivity index (χ0n) is 18.0. The Kier molecular flexibility index (Phi) is 7.09. The van der Waals surface area contributed by atoms with E-state index in [0.717, 1.165) is 23.0 Å². The average molecular weight is 432 g/mol. The van der Waals surface area contributed by atoms with Crippen molar-refractivity contribution in [3.05, 3.63) is 72.4 Å². The molecule has 0 spiro atoms. The van der Waals surface area contributed by atoms with Crippen LogP contribution in [0.15, 0.2) is 66.9 Å². The smallest absolute Gasteiger partial charge is 0.247 e. The summed E-state index contributed by atoms with van der Waals surface area (Å²) in [5.41, 5.74) is 8.22. The molecule has 2 aromatic carbocycles. The number of hydrogen-bond acceptors (Lipinski definition) is 5. The van der Waals surface area contributed by atoms with Crippen LogP contribution in [0.1, 0.15) is 18.4 Å². The molecule has 7 nitrogen and oxygen atoms in total. The van der Waals surface area contributed by atoms with Gasteiger partial charge in [0, 0.05) is 11.6 Å². The second-order valence-corrected chi connectivity index (χ2v) is 8.25. The Morgan fingerprint density at radius 2 is 1.91 bits per heavy atom. The predicted molar refractivity (Wildman–Crippen MR) is 126 cm³/mol. The minimum absolute atomic E-state index is 0.162. The van der Waals surface area contributed by atoms with E-state index in [1.807, 2.05) is 60.7 Å². The summed E-state index contributed by atoms with van der Waals surface area (Å²) in [5.74, 6) is -0.130. The molecule has 2 amide bonds. The number of carbonyl (C=O) groups excluding carboxylic acids is 2. The maximum atomic E-state index is 13.3. The lowest BCUT2D eigenvalue weighted by Crippen LogP contribution is -2.50. The number of pyridine rings is 1. The van der Waals surface area contributed by atoms with Gasteiger partial charge in [-0.1, -0.05) is 48.5 Å². The molecular formula is C25H29N5O2. The van der Waals surface area contributed by atoms with Crippen molar-refractivity contribution in [2.45, 2.75) is 31.3 Å². The van der Waals surface area contributed by atoms with Crippen molar-refractivity contribution in [1.29, 1.82) is 0 Å². The van der Waals surface area contributed by atoms with Crippen LogP contribution in [-0.2, 0) is 16.0 Å². The SMILES string of the molecule is NC[C@@H]1CN[C@@H](C(=O)N[C@H](CCc2ccccc2)C(=O)Nc2cccc3cccnc23)C1. The largest absolute Gasteiger partial charge is 0.343 e. The van der Waals surface area contributed by atoms with Gasteiger partial charge in [0.05, 0.1) is 17.2 Å². The quantitative estimate of drug-likeness (QED) is 0.437. The molecule has 1 aliphatic heterocycles. The van der Waals surface area contributed by atoms with Crippen molar-refractivity contribution in [1.82, 2.24) is 15.6 Å². The van der Waals surface area contributed by atoms with E-state index in [4.69, 9.17) is 5.73 Å². The number of nitrogens with one attached hydrogen (secondary N) is 3. The lowest BCUT2D eigenvalue weighted by atomic mass is 10.0. The summed E-state index contributed by atoms with van der Waals surface area (Å²) >= 11 is 0. The first-order chi connectivity index (χ1) is 15.6. The molecule has 7 heteroatoms. The van der Waals surface area contributed by atoms with Gasteiger partial charge in [-0.15, -0.1) is 0 Å². The summed E-state index contributed by atoms with van der Waals surface area (Å²) in [7, 11) is 0. The maximum absolute atomic E-state index is 13.3. The Hall–Kier alpha value is -3.29. The van der Waals surface area contributed by atoms with E-state index in [-0.39, 0.29) is 23.8 Å². The van der Waals surface area contributed by atoms with E-state index < -0.39 is 6.04 Å². The zero-order valence-corrected chi connectivity index (χ0v) is 18.0. The Bertz CT molecular complexity index is 1070. The Labute approximate surface area is 187 Å². The van der Waals surface area contributed by atoms with Crippen LogP contribution < -0.4 is 21.7 Å². The normalized spacial score (nSPS) is 18.9. The van der Waals surface area contributed by atoms with Gasteiger partial charge in [0.25, 0.3) is 0 Å². The summed E-state index contributed by atoms with van der Waals surface area (Å²) < 4.78 is 0. The molecular weight excluding hydrogens is 402 g/mol. The number of nitrogens with zero attached hydrogens (tertiary/aromatic N) is 1. The number of aromatic nitrogens is 1. The topological polar surface area (TPSA) is 109 Å². The highest BCUT2D eigenvalue weighted by atomic mass is 16.2. The number of anilines is 1. The number of amides is 2. The van der Waals surface area contributed by atoms with E-state index in [1.165, 1.54) is 0 Å². The number of hydrogen-bond donors (Lipinski definition) is 4. The number of para-hydroxylation sites is 1. The summed E-state index contributed by atoms with van der Waals surface area (Å²) in [6.45, 7) is 1.26. The van der Waals surface area contributed by atoms with Crippen molar-refractivity contribution in [2.75, 3.05) is 18.4 Å². The van der Waals surface area contributed by atoms with Gasteiger partial charge in [0.2, 0.25) is 11.8 Å². The Morgan fingerprint density at radius 3 is 2.69 bits per heavy atom. The first-order valence-electron chi connectivity index (χ1n) is 11.1. The fourth-order valence-electron chi connectivity index (χ4n) is 4.11. The molecule has 1 aliphatic rings. The highest BCUT2D eigenvalue weighted by Gasteiger charge is 2.31. The second kappa shape index (κ2) is 10.3. The molecule has 0 aliphatic carbocycles. The van der Waals surface area contributed by atoms with E-state index in [2.05, 4.69) is 20.9 Å². The first-order valence-corrected chi connectivity index (χ1v) is 11.1. The van der Waals surface area contributed by atoms with Crippen LogP contribution in [-0.4, -0.2) is 42.0 Å². The lowest BCUT2D eigenvalue weighted by molar-refractivity contribution is -0.127. The summed E-state index contributed by atoms with van der Waals surface area (Å²) in [6.07, 6.45) is 3.55. The molecule has 0 radical (unpaired) electrons. The molecule has 3 aromatic rings. The van der Waals surface area contributed by atoms with Gasteiger partial charge in [-0.3, -0.25) is 14.6 Å². The second-order valence-electron chi connectivity index (χ2n) is 8.25. The van der Waals surface area contributed by atoms with Crippen LogP contribution in [0, 0.1) is 5.92 Å². The number of aryl methyl sites for hydroxylation is 1. The van der Waals surface area contributed by atoms with Crippen LogP contribution in [0.4, 0.5) is 5.69 Å². The number of nitrogens with two attached hydrogens (primary N) is 1. The summed E-state index contributed by atoms with van der Waals surface area (Å²) in [4.78, 5) is 30.6. The standard InChI is InChI=1S/C25H29N5O2/c26-15-18-14-22(28-16-18)25(32)30-21(12-11-17-6-2-1-3-7-17)24(31)29-20-10-4-8-19-9-5-13-27-23(19)20/h1-10,13,18,21-22,28H,11-12,14-16,26H2,(H,29,31)(H,30,32)/t18-,21-,22-/m1/s1. The van der Waals surface area contributed by atoms with Crippen molar-refractivity contribution >= 4 is 28.4 Å². The van der Waals surface area contributed by atoms with Gasteiger partial charge < -0.3 is 21.7 Å². The first kappa shape index (κ1) is 21.9. The molecule has 1 saturated heterocycles. The van der Waals surface area contributed by atoms with E-state index in [0.29, 0.717) is 31.5 Å². The molecule has 4 rings (SSSR count). The van der Waals surface area contributed by atoms with E-state index in [9.17, 15) is 9.59 Å². The molecule has 0 bridgehead atoms. The lowest BCUT2D eigenvalue weighted by Gasteiger charge is -2.21. The number of carbonyl (C=O) groups is 2. The van der Waals surface area contributed by atoms with Crippen LogP contribution >= 0.6 is 0 Å². The van der Waals surface area contributed by atoms with Gasteiger partial charge in [-0.05, 0) is 56.0 Å². The summed E-state index contributed by atoms with van der Waals surface area (Å²) in [5, 5.41) is 10.1. The van der Waals surface area contributed by atoms with Crippen molar-refractivity contribution in [2.24, 2.45) is 11.7 Å². The van der Waals surface area contributed by atoms with Gasteiger partial charge >= 0.3 is 0 Å². The van der Waals surface area contributed by atoms with Gasteiger partial charge in [0.1, 0.15) is 6.04 Å². The average Bonchev–Trinajstić information content (AvgIpc) is 3.32. The van der Waals surface area contributed by atoms with Crippen molar-refractivity contribution in [3.63, 3.8) is 0 Å². The number of rotatable bonds is 8. The third-order valence-corrected chi connectivity index (χ3v) is 5.96. The maximum Gasteiger partial charge on any atom is 0.247 e. The summed E-state index contributed by atoms with van der Waals surface area (Å²) in [6, 6.07) is 18.4. The molecule has 2 heterocycles. The monoisotopic (exact) mass is 431 g/mol. The Morgan fingerprint density at radius 1 is 1.09 bits per heavy atom. The van der Waals surface area contributed by atoms with Gasteiger partial charge in [-0.25, -0.2) is 0 Å². The van der Waals surface area contributed by atoms with Gasteiger partial charge in [0.15, 0.2) is 0 Å². The molecule has 0 saturated carbocycles. The zero-order chi connectivity index (χ0) is 22.3. The third-order valence-electron chi connectivity index (χ3n) is 5.96. The highest BCUT2D eigenvalue weighted by Crippen LogP contribution is 2.21. The van der Waals surface area contributed by atoms with E-state index >= 15 is 0 Å². The molecule has 1 fully saturated rings. The minimum Gasteiger partial charge on any atom is -0.343 e. The fourth-order valence-corrected chi connectivity index (χ4v) is 4.11. The fraction of sp³-hybridized carbons (Fsp3) is 0.320. The third kappa shape index (κ3) is 5.30. The Balaban J connectivity index is 1.49. The van der Waals surface area contributed by atoms with Crippen molar-refractivity contribution < 1.29 is 9.59 Å². The molecule has 0 unspecified atom stereocenters. The van der Waals surface area contributed by atoms with Crippen LogP contribution in [0.2, 0.25) is 0 Å². The molecule has 32 heavy (non-hydrogen) atoms.